The molecule has 4 rings (SSSR count). The van der Waals surface area contributed by atoms with E-state index in [1.54, 1.807) is 26.4 Å². The van der Waals surface area contributed by atoms with Crippen molar-refractivity contribution in [1.82, 2.24) is 4.90 Å². The maximum absolute atomic E-state index is 13.4. The number of fused-ring (bicyclic) bond motifs is 1. The highest BCUT2D eigenvalue weighted by atomic mass is 35.5. The Hall–Kier alpha value is -2.11. The number of nitrogens with zero attached hydrogens (tertiary/aromatic N) is 1. The number of carbonyl (C=O) groups is 1. The van der Waals surface area contributed by atoms with Crippen molar-refractivity contribution in [3.05, 3.63) is 58.9 Å². The Morgan fingerprint density at radius 2 is 1.77 bits per heavy atom. The second-order valence-electron chi connectivity index (χ2n) is 8.21. The second-order valence-corrected chi connectivity index (χ2v) is 8.21. The van der Waals surface area contributed by atoms with Gasteiger partial charge in [-0.15, -0.1) is 12.4 Å². The van der Waals surface area contributed by atoms with Gasteiger partial charge in [0.1, 0.15) is 5.82 Å². The number of ketones is 1. The van der Waals surface area contributed by atoms with Gasteiger partial charge in [-0.1, -0.05) is 12.1 Å². The molecule has 0 amide bonds. The molecule has 0 saturated carbocycles. The lowest BCUT2D eigenvalue weighted by molar-refractivity contribution is 0.0895. The van der Waals surface area contributed by atoms with Crippen LogP contribution in [0.2, 0.25) is 0 Å². The molecule has 1 fully saturated rings. The van der Waals surface area contributed by atoms with Crippen LogP contribution in [-0.2, 0) is 13.0 Å². The standard InChI is InChI=1S/C24H28FNO3.ClH/c1-28-22-13-18-12-19(24(27)21(18)14-23(22)29-2)10-16-6-8-26(9-7-16)15-17-4-3-5-20(25)11-17;/h3-5,11,13-14,16,19H,6-10,12,15H2,1-2H3;1H. The minimum absolute atomic E-state index is 0. The third kappa shape index (κ3) is 4.79. The van der Waals surface area contributed by atoms with Crippen molar-refractivity contribution in [3.63, 3.8) is 0 Å². The minimum Gasteiger partial charge on any atom is -0.493 e. The van der Waals surface area contributed by atoms with Gasteiger partial charge in [0.05, 0.1) is 14.2 Å². The molecule has 1 aliphatic carbocycles. The number of carbonyl (C=O) groups excluding carboxylic acids is 1. The van der Waals surface area contributed by atoms with Gasteiger partial charge < -0.3 is 9.47 Å². The fourth-order valence-electron chi connectivity index (χ4n) is 4.76. The third-order valence-electron chi connectivity index (χ3n) is 6.33. The van der Waals surface area contributed by atoms with Gasteiger partial charge in [0.2, 0.25) is 0 Å². The van der Waals surface area contributed by atoms with Crippen molar-refractivity contribution in [1.29, 1.82) is 0 Å². The zero-order valence-electron chi connectivity index (χ0n) is 17.5. The van der Waals surface area contributed by atoms with Crippen molar-refractivity contribution < 1.29 is 18.7 Å². The highest BCUT2D eigenvalue weighted by molar-refractivity contribution is 6.02. The van der Waals surface area contributed by atoms with Crippen molar-refractivity contribution in [3.8, 4) is 11.5 Å². The van der Waals surface area contributed by atoms with E-state index in [9.17, 15) is 9.18 Å². The van der Waals surface area contributed by atoms with Crippen LogP contribution < -0.4 is 9.47 Å². The average molecular weight is 434 g/mol. The summed E-state index contributed by atoms with van der Waals surface area (Å²) in [6, 6.07) is 10.6. The lowest BCUT2D eigenvalue weighted by Gasteiger charge is -2.33. The Labute approximate surface area is 183 Å². The molecular formula is C24H29ClFNO3. The van der Waals surface area contributed by atoms with E-state index in [0.717, 1.165) is 62.0 Å². The molecular weight excluding hydrogens is 405 g/mol. The molecule has 0 aromatic heterocycles. The normalized spacial score (nSPS) is 19.3. The van der Waals surface area contributed by atoms with Crippen LogP contribution >= 0.6 is 12.4 Å². The molecule has 2 aromatic rings. The maximum atomic E-state index is 13.4. The molecule has 0 N–H and O–H groups in total. The van der Waals surface area contributed by atoms with Gasteiger partial charge in [0.15, 0.2) is 17.3 Å². The first kappa shape index (κ1) is 22.6. The quantitative estimate of drug-likeness (QED) is 0.648. The van der Waals surface area contributed by atoms with E-state index < -0.39 is 0 Å². The van der Waals surface area contributed by atoms with Gasteiger partial charge in [-0.3, -0.25) is 9.69 Å². The van der Waals surface area contributed by atoms with Gasteiger partial charge >= 0.3 is 0 Å². The van der Waals surface area contributed by atoms with Gasteiger partial charge in [-0.05, 0) is 80.1 Å². The molecule has 2 aliphatic rings. The number of ether oxygens (including phenoxy) is 2. The number of hydrogen-bond acceptors (Lipinski definition) is 4. The molecule has 1 aliphatic heterocycles. The van der Waals surface area contributed by atoms with Crippen LogP contribution in [0, 0.1) is 17.7 Å². The van der Waals surface area contributed by atoms with Crippen molar-refractivity contribution >= 4 is 18.2 Å². The lowest BCUT2D eigenvalue weighted by atomic mass is 9.85. The average Bonchev–Trinajstić information content (AvgIpc) is 3.03. The lowest BCUT2D eigenvalue weighted by Crippen LogP contribution is -2.34. The Bertz CT molecular complexity index is 896. The number of rotatable bonds is 6. The monoisotopic (exact) mass is 433 g/mol. The number of Topliss-reactive ketones (excluding diaryl/α,β-unsaturated/α-hetero) is 1. The first-order valence-corrected chi connectivity index (χ1v) is 10.3. The maximum Gasteiger partial charge on any atom is 0.166 e. The number of methoxy groups -OCH3 is 2. The molecule has 0 spiro atoms. The van der Waals surface area contributed by atoms with Crippen LogP contribution in [0.3, 0.4) is 0 Å². The summed E-state index contributed by atoms with van der Waals surface area (Å²) < 4.78 is 24.1. The minimum atomic E-state index is -0.176. The largest absolute Gasteiger partial charge is 0.493 e. The Morgan fingerprint density at radius 1 is 1.07 bits per heavy atom. The molecule has 1 heterocycles. The van der Waals surface area contributed by atoms with Crippen molar-refractivity contribution in [2.75, 3.05) is 27.3 Å². The zero-order valence-corrected chi connectivity index (χ0v) is 18.3. The zero-order chi connectivity index (χ0) is 20.4. The topological polar surface area (TPSA) is 38.8 Å². The molecule has 1 atom stereocenters. The van der Waals surface area contributed by atoms with E-state index >= 15 is 0 Å². The summed E-state index contributed by atoms with van der Waals surface area (Å²) in [5, 5.41) is 0. The van der Waals surface area contributed by atoms with E-state index in [1.807, 2.05) is 18.2 Å². The van der Waals surface area contributed by atoms with Gasteiger partial charge in [-0.25, -0.2) is 4.39 Å². The van der Waals surface area contributed by atoms with Gasteiger partial charge in [0.25, 0.3) is 0 Å². The van der Waals surface area contributed by atoms with Crippen LogP contribution in [0.25, 0.3) is 0 Å². The second kappa shape index (κ2) is 9.80. The van der Waals surface area contributed by atoms with Crippen molar-refractivity contribution in [2.45, 2.75) is 32.2 Å². The smallest absolute Gasteiger partial charge is 0.166 e. The summed E-state index contributed by atoms with van der Waals surface area (Å²) in [7, 11) is 3.22. The van der Waals surface area contributed by atoms with Gasteiger partial charge in [-0.2, -0.15) is 0 Å². The van der Waals surface area contributed by atoms with E-state index in [-0.39, 0.29) is 29.9 Å². The number of piperidine rings is 1. The molecule has 162 valence electrons. The number of halogens is 2. The SMILES string of the molecule is COc1cc2c(cc1OC)C(=O)C(CC1CCN(Cc3cccc(F)c3)CC1)C2.Cl. The van der Waals surface area contributed by atoms with Crippen LogP contribution in [0.15, 0.2) is 36.4 Å². The van der Waals surface area contributed by atoms with Crippen LogP contribution in [0.1, 0.15) is 40.7 Å². The number of likely N-dealkylation sites (tertiary alicyclic amines) is 1. The van der Waals surface area contributed by atoms with Gasteiger partial charge in [0, 0.05) is 18.0 Å². The van der Waals surface area contributed by atoms with E-state index in [4.69, 9.17) is 9.47 Å². The fraction of sp³-hybridized carbons (Fsp3) is 0.458. The molecule has 2 aromatic carbocycles. The molecule has 1 saturated heterocycles. The van der Waals surface area contributed by atoms with Crippen LogP contribution in [0.4, 0.5) is 4.39 Å². The Morgan fingerprint density at radius 3 is 2.43 bits per heavy atom. The first-order chi connectivity index (χ1) is 14.1. The highest BCUT2D eigenvalue weighted by Crippen LogP contribution is 2.39. The van der Waals surface area contributed by atoms with E-state index in [0.29, 0.717) is 17.4 Å². The Kier molecular flexibility index (Phi) is 7.37. The molecule has 0 radical (unpaired) electrons. The molecule has 0 bridgehead atoms. The molecule has 4 nitrogen and oxygen atoms in total. The predicted molar refractivity (Wildman–Crippen MR) is 117 cm³/mol. The fourth-order valence-corrected chi connectivity index (χ4v) is 4.76. The molecule has 30 heavy (non-hydrogen) atoms. The summed E-state index contributed by atoms with van der Waals surface area (Å²) >= 11 is 0. The highest BCUT2D eigenvalue weighted by Gasteiger charge is 2.34. The van der Waals surface area contributed by atoms with Crippen molar-refractivity contribution in [2.24, 2.45) is 11.8 Å². The summed E-state index contributed by atoms with van der Waals surface area (Å²) in [6.45, 7) is 2.78. The van der Waals surface area contributed by atoms with E-state index in [1.165, 1.54) is 6.07 Å². The third-order valence-corrected chi connectivity index (χ3v) is 6.33. The Balaban J connectivity index is 0.00000256. The first-order valence-electron chi connectivity index (χ1n) is 10.3. The predicted octanol–water partition coefficient (Wildman–Crippen LogP) is 4.92. The summed E-state index contributed by atoms with van der Waals surface area (Å²) in [4.78, 5) is 15.3. The summed E-state index contributed by atoms with van der Waals surface area (Å²) in [5.41, 5.74) is 2.88. The number of benzene rings is 2. The summed E-state index contributed by atoms with van der Waals surface area (Å²) in [6.07, 6.45) is 3.90. The van der Waals surface area contributed by atoms with E-state index in [2.05, 4.69) is 4.90 Å². The molecule has 1 unspecified atom stereocenters. The molecule has 6 heteroatoms. The van der Waals surface area contributed by atoms with Crippen LogP contribution in [0.5, 0.6) is 11.5 Å². The number of hydrogen-bond donors (Lipinski definition) is 0. The summed E-state index contributed by atoms with van der Waals surface area (Å²) in [5.74, 6) is 1.98. The van der Waals surface area contributed by atoms with Crippen LogP contribution in [-0.4, -0.2) is 38.0 Å².